The van der Waals surface area contributed by atoms with E-state index in [2.05, 4.69) is 0 Å². The Morgan fingerprint density at radius 3 is 2.77 bits per heavy atom. The number of hydrogen-bond donors (Lipinski definition) is 0. The maximum atomic E-state index is 12.4. The molecular formula is C17H21NO4. The van der Waals surface area contributed by atoms with Crippen molar-refractivity contribution in [3.8, 4) is 0 Å². The van der Waals surface area contributed by atoms with E-state index in [1.54, 1.807) is 0 Å². The SMILES string of the molecule is CCCCC(=O)[C@@H](CC=O)N1C(=O)OC[C@H]1c1ccccc1. The Labute approximate surface area is 130 Å². The number of nitrogens with zero attached hydrogens (tertiary/aromatic N) is 1. The smallest absolute Gasteiger partial charge is 0.411 e. The van der Waals surface area contributed by atoms with E-state index in [1.165, 1.54) is 4.90 Å². The van der Waals surface area contributed by atoms with Gasteiger partial charge in [0.25, 0.3) is 0 Å². The Bertz CT molecular complexity index is 529. The average molecular weight is 303 g/mol. The molecule has 0 aromatic heterocycles. The quantitative estimate of drug-likeness (QED) is 0.693. The van der Waals surface area contributed by atoms with Gasteiger partial charge in [-0.25, -0.2) is 4.79 Å². The van der Waals surface area contributed by atoms with E-state index in [9.17, 15) is 14.4 Å². The van der Waals surface area contributed by atoms with Crippen LogP contribution in [0.15, 0.2) is 30.3 Å². The minimum atomic E-state index is -0.732. The number of amides is 1. The fraction of sp³-hybridized carbons (Fsp3) is 0.471. The lowest BCUT2D eigenvalue weighted by Gasteiger charge is -2.28. The number of unbranched alkanes of at least 4 members (excludes halogenated alkanes) is 1. The predicted molar refractivity (Wildman–Crippen MR) is 81.4 cm³/mol. The van der Waals surface area contributed by atoms with Crippen LogP contribution in [0.3, 0.4) is 0 Å². The summed E-state index contributed by atoms with van der Waals surface area (Å²) < 4.78 is 5.13. The summed E-state index contributed by atoms with van der Waals surface area (Å²) in [5.41, 5.74) is 0.910. The molecule has 0 aliphatic carbocycles. The molecule has 1 aromatic rings. The van der Waals surface area contributed by atoms with Crippen molar-refractivity contribution in [1.29, 1.82) is 0 Å². The largest absolute Gasteiger partial charge is 0.447 e. The molecule has 1 heterocycles. The Balaban J connectivity index is 2.24. The van der Waals surface area contributed by atoms with Crippen molar-refractivity contribution in [3.63, 3.8) is 0 Å². The Morgan fingerprint density at radius 1 is 1.41 bits per heavy atom. The van der Waals surface area contributed by atoms with Gasteiger partial charge in [-0.3, -0.25) is 9.69 Å². The molecule has 1 aliphatic heterocycles. The highest BCUT2D eigenvalue weighted by Gasteiger charge is 2.41. The maximum Gasteiger partial charge on any atom is 0.411 e. The van der Waals surface area contributed by atoms with Crippen LogP contribution in [0.2, 0.25) is 0 Å². The zero-order valence-electron chi connectivity index (χ0n) is 12.7. The summed E-state index contributed by atoms with van der Waals surface area (Å²) in [6, 6.07) is 8.39. The zero-order chi connectivity index (χ0) is 15.9. The van der Waals surface area contributed by atoms with Crippen molar-refractivity contribution in [2.45, 2.75) is 44.7 Å². The molecule has 5 nitrogen and oxygen atoms in total. The topological polar surface area (TPSA) is 63.7 Å². The molecule has 0 unspecified atom stereocenters. The number of rotatable bonds is 8. The zero-order valence-corrected chi connectivity index (χ0v) is 12.7. The third kappa shape index (κ3) is 3.53. The first-order valence-electron chi connectivity index (χ1n) is 7.65. The number of aldehydes is 1. The second kappa shape index (κ2) is 7.73. The van der Waals surface area contributed by atoms with Crippen LogP contribution in [0.4, 0.5) is 4.79 Å². The van der Waals surface area contributed by atoms with Gasteiger partial charge in [-0.1, -0.05) is 43.7 Å². The summed E-state index contributed by atoms with van der Waals surface area (Å²) in [7, 11) is 0. The molecule has 1 fully saturated rings. The monoisotopic (exact) mass is 303 g/mol. The van der Waals surface area contributed by atoms with Gasteiger partial charge in [-0.15, -0.1) is 0 Å². The summed E-state index contributed by atoms with van der Waals surface area (Å²) in [5, 5.41) is 0. The summed E-state index contributed by atoms with van der Waals surface area (Å²) in [4.78, 5) is 36.9. The highest BCUT2D eigenvalue weighted by atomic mass is 16.6. The molecular weight excluding hydrogens is 282 g/mol. The van der Waals surface area contributed by atoms with Crippen LogP contribution in [0.5, 0.6) is 0 Å². The van der Waals surface area contributed by atoms with Gasteiger partial charge in [0.15, 0.2) is 5.78 Å². The minimum Gasteiger partial charge on any atom is -0.447 e. The van der Waals surface area contributed by atoms with E-state index in [-0.39, 0.29) is 24.9 Å². The fourth-order valence-corrected chi connectivity index (χ4v) is 2.72. The second-order valence-corrected chi connectivity index (χ2v) is 5.40. The molecule has 118 valence electrons. The van der Waals surface area contributed by atoms with Gasteiger partial charge in [0, 0.05) is 12.8 Å². The molecule has 1 amide bonds. The van der Waals surface area contributed by atoms with Crippen molar-refractivity contribution in [1.82, 2.24) is 4.90 Å². The van der Waals surface area contributed by atoms with Gasteiger partial charge in [0.05, 0.1) is 6.04 Å². The van der Waals surface area contributed by atoms with Gasteiger partial charge >= 0.3 is 6.09 Å². The van der Waals surface area contributed by atoms with Gasteiger partial charge in [0.2, 0.25) is 0 Å². The lowest BCUT2D eigenvalue weighted by molar-refractivity contribution is -0.126. The summed E-state index contributed by atoms with van der Waals surface area (Å²) >= 11 is 0. The number of hydrogen-bond acceptors (Lipinski definition) is 4. The van der Waals surface area contributed by atoms with Crippen LogP contribution in [-0.2, 0) is 14.3 Å². The number of ether oxygens (including phenoxy) is 1. The fourth-order valence-electron chi connectivity index (χ4n) is 2.72. The minimum absolute atomic E-state index is 0.0149. The Hall–Kier alpha value is -2.17. The molecule has 1 aromatic carbocycles. The predicted octanol–water partition coefficient (Wildman–Crippen LogP) is 2.90. The molecule has 0 N–H and O–H groups in total. The molecule has 0 radical (unpaired) electrons. The van der Waals surface area contributed by atoms with Crippen LogP contribution in [0.25, 0.3) is 0 Å². The van der Waals surface area contributed by atoms with E-state index >= 15 is 0 Å². The molecule has 22 heavy (non-hydrogen) atoms. The number of benzene rings is 1. The number of ketones is 1. The van der Waals surface area contributed by atoms with E-state index in [1.807, 2.05) is 37.3 Å². The van der Waals surface area contributed by atoms with Crippen LogP contribution in [-0.4, -0.2) is 35.7 Å². The van der Waals surface area contributed by atoms with Crippen LogP contribution in [0.1, 0.15) is 44.2 Å². The Morgan fingerprint density at radius 2 is 2.14 bits per heavy atom. The lowest BCUT2D eigenvalue weighted by atomic mass is 9.99. The third-order valence-corrected chi connectivity index (χ3v) is 3.90. The number of carbonyl (C=O) groups is 3. The second-order valence-electron chi connectivity index (χ2n) is 5.40. The maximum absolute atomic E-state index is 12.4. The first-order chi connectivity index (χ1) is 10.7. The van der Waals surface area contributed by atoms with Gasteiger partial charge < -0.3 is 9.53 Å². The normalized spacial score (nSPS) is 18.9. The standard InChI is InChI=1S/C17H21NO4/c1-2-3-9-16(20)14(10-11-19)18-15(12-22-17(18)21)13-7-5-4-6-8-13/h4-8,11,14-15H,2-3,9-10,12H2,1H3/t14-,15+/m1/s1. The number of cyclic esters (lactones) is 1. The van der Waals surface area contributed by atoms with E-state index in [0.29, 0.717) is 12.7 Å². The van der Waals surface area contributed by atoms with Gasteiger partial charge in [-0.2, -0.15) is 0 Å². The van der Waals surface area contributed by atoms with Crippen LogP contribution >= 0.6 is 0 Å². The summed E-state index contributed by atoms with van der Waals surface area (Å²) in [6.45, 7) is 2.21. The van der Waals surface area contributed by atoms with Crippen molar-refractivity contribution >= 4 is 18.2 Å². The first kappa shape index (κ1) is 16.2. The average Bonchev–Trinajstić information content (AvgIpc) is 2.92. The highest BCUT2D eigenvalue weighted by molar-refractivity contribution is 5.90. The Kier molecular flexibility index (Phi) is 5.69. The summed E-state index contributed by atoms with van der Waals surface area (Å²) in [6.07, 6.45) is 2.22. The summed E-state index contributed by atoms with van der Waals surface area (Å²) in [5.74, 6) is -0.0752. The number of carbonyl (C=O) groups excluding carboxylic acids is 3. The highest BCUT2D eigenvalue weighted by Crippen LogP contribution is 2.31. The van der Waals surface area contributed by atoms with Crippen molar-refractivity contribution < 1.29 is 19.1 Å². The molecule has 5 heteroatoms. The van der Waals surface area contributed by atoms with Crippen molar-refractivity contribution in [3.05, 3.63) is 35.9 Å². The molecule has 2 atom stereocenters. The van der Waals surface area contributed by atoms with Crippen LogP contribution in [0, 0.1) is 0 Å². The molecule has 0 saturated carbocycles. The van der Waals surface area contributed by atoms with Crippen LogP contribution < -0.4 is 0 Å². The third-order valence-electron chi connectivity index (χ3n) is 3.90. The first-order valence-corrected chi connectivity index (χ1v) is 7.65. The molecule has 1 aliphatic rings. The van der Waals surface area contributed by atoms with Crippen molar-refractivity contribution in [2.24, 2.45) is 0 Å². The number of Topliss-reactive ketones (excluding diaryl/α,β-unsaturated/α-hetero) is 1. The van der Waals surface area contributed by atoms with Gasteiger partial charge in [-0.05, 0) is 12.0 Å². The van der Waals surface area contributed by atoms with Crippen molar-refractivity contribution in [2.75, 3.05) is 6.61 Å². The van der Waals surface area contributed by atoms with E-state index in [0.717, 1.165) is 18.4 Å². The molecule has 0 spiro atoms. The van der Waals surface area contributed by atoms with E-state index in [4.69, 9.17) is 4.74 Å². The molecule has 2 rings (SSSR count). The van der Waals surface area contributed by atoms with Gasteiger partial charge in [0.1, 0.15) is 18.9 Å². The lowest BCUT2D eigenvalue weighted by Crippen LogP contribution is -2.43. The van der Waals surface area contributed by atoms with E-state index < -0.39 is 12.1 Å². The molecule has 1 saturated heterocycles. The molecule has 0 bridgehead atoms.